The van der Waals surface area contributed by atoms with E-state index in [0.717, 1.165) is 27.7 Å². The summed E-state index contributed by atoms with van der Waals surface area (Å²) in [6, 6.07) is 11.6. The van der Waals surface area contributed by atoms with Crippen LogP contribution in [0.1, 0.15) is 28.4 Å². The van der Waals surface area contributed by atoms with Gasteiger partial charge in [-0.05, 0) is 48.7 Å². The number of anilines is 1. The molecule has 1 amide bonds. The van der Waals surface area contributed by atoms with Crippen molar-refractivity contribution in [3.05, 3.63) is 59.2 Å². The van der Waals surface area contributed by atoms with Gasteiger partial charge in [0.25, 0.3) is 15.9 Å². The van der Waals surface area contributed by atoms with E-state index < -0.39 is 10.0 Å². The summed E-state index contributed by atoms with van der Waals surface area (Å²) in [5.74, 6) is -0.284. The van der Waals surface area contributed by atoms with Crippen molar-refractivity contribution in [1.29, 1.82) is 0 Å². The molecule has 0 aliphatic carbocycles. The smallest absolute Gasteiger partial charge is 0.264 e. The summed E-state index contributed by atoms with van der Waals surface area (Å²) in [6.07, 6.45) is 0.803. The Labute approximate surface area is 148 Å². The Bertz CT molecular complexity index is 861. The Morgan fingerprint density at radius 1 is 1.16 bits per heavy atom. The first-order chi connectivity index (χ1) is 11.8. The molecule has 0 saturated heterocycles. The zero-order valence-corrected chi connectivity index (χ0v) is 15.6. The van der Waals surface area contributed by atoms with Gasteiger partial charge < -0.3 is 5.32 Å². The highest BCUT2D eigenvalue weighted by molar-refractivity contribution is 7.89. The predicted octanol–water partition coefficient (Wildman–Crippen LogP) is 2.99. The van der Waals surface area contributed by atoms with E-state index >= 15 is 0 Å². The van der Waals surface area contributed by atoms with Crippen LogP contribution in [0.15, 0.2) is 47.4 Å². The van der Waals surface area contributed by atoms with E-state index in [-0.39, 0.29) is 10.8 Å². The lowest BCUT2D eigenvalue weighted by atomic mass is 10.1. The van der Waals surface area contributed by atoms with Crippen LogP contribution in [-0.2, 0) is 21.3 Å². The maximum Gasteiger partial charge on any atom is 0.264 e. The van der Waals surface area contributed by atoms with Crippen LogP contribution in [0.5, 0.6) is 0 Å². The third-order valence-corrected chi connectivity index (χ3v) is 5.68. The molecular weight excluding hydrogens is 340 g/mol. The fourth-order valence-corrected chi connectivity index (χ4v) is 3.39. The Hall–Kier alpha value is -2.22. The second-order valence-corrected chi connectivity index (χ2v) is 7.47. The zero-order valence-electron chi connectivity index (χ0n) is 14.7. The van der Waals surface area contributed by atoms with Crippen molar-refractivity contribution in [3.8, 4) is 0 Å². The fourth-order valence-electron chi connectivity index (χ4n) is 2.41. The molecule has 0 aromatic heterocycles. The largest absolute Gasteiger partial charge is 0.321 e. The van der Waals surface area contributed by atoms with Crippen molar-refractivity contribution >= 4 is 21.6 Å². The molecule has 7 heteroatoms. The number of nitrogens with one attached hydrogen (secondary N) is 1. The first kappa shape index (κ1) is 19.1. The number of nitrogens with zero attached hydrogens (tertiary/aromatic N) is 1. The lowest BCUT2D eigenvalue weighted by Gasteiger charge is -2.15. The molecule has 0 fully saturated rings. The van der Waals surface area contributed by atoms with Gasteiger partial charge in [-0.1, -0.05) is 29.6 Å². The van der Waals surface area contributed by atoms with E-state index in [9.17, 15) is 13.2 Å². The third kappa shape index (κ3) is 4.07. The molecule has 0 atom stereocenters. The van der Waals surface area contributed by atoms with Crippen LogP contribution in [0, 0.1) is 6.92 Å². The molecule has 0 unspecified atom stereocenters. The van der Waals surface area contributed by atoms with Crippen LogP contribution < -0.4 is 5.32 Å². The molecule has 25 heavy (non-hydrogen) atoms. The summed E-state index contributed by atoms with van der Waals surface area (Å²) in [4.78, 5) is 17.3. The summed E-state index contributed by atoms with van der Waals surface area (Å²) >= 11 is 0. The average molecular weight is 362 g/mol. The van der Waals surface area contributed by atoms with Gasteiger partial charge in [-0.25, -0.2) is 8.42 Å². The van der Waals surface area contributed by atoms with Gasteiger partial charge in [0, 0.05) is 18.3 Å². The highest BCUT2D eigenvalue weighted by Gasteiger charge is 2.21. The van der Waals surface area contributed by atoms with E-state index in [0.29, 0.717) is 5.56 Å². The molecule has 2 aromatic carbocycles. The Morgan fingerprint density at radius 3 is 2.36 bits per heavy atom. The molecule has 0 radical (unpaired) electrons. The van der Waals surface area contributed by atoms with Gasteiger partial charge in [-0.15, -0.1) is 0 Å². The quantitative estimate of drug-likeness (QED) is 0.802. The number of hydroxylamine groups is 1. The predicted molar refractivity (Wildman–Crippen MR) is 96.9 cm³/mol. The molecule has 0 aliphatic rings. The van der Waals surface area contributed by atoms with Crippen LogP contribution in [0.2, 0.25) is 0 Å². The molecule has 0 heterocycles. The molecule has 0 aliphatic heterocycles. The van der Waals surface area contributed by atoms with Crippen molar-refractivity contribution in [2.24, 2.45) is 0 Å². The van der Waals surface area contributed by atoms with Crippen LogP contribution in [0.3, 0.4) is 0 Å². The Morgan fingerprint density at radius 2 is 1.80 bits per heavy atom. The minimum absolute atomic E-state index is 0.0542. The topological polar surface area (TPSA) is 75.7 Å². The second kappa shape index (κ2) is 7.77. The SMILES string of the molecule is CCc1cccc(C)c1NC(=O)c1ccc(S(=O)(=O)N(C)OC)cc1. The Balaban J connectivity index is 2.25. The van der Waals surface area contributed by atoms with Crippen molar-refractivity contribution in [2.45, 2.75) is 25.2 Å². The lowest BCUT2D eigenvalue weighted by Crippen LogP contribution is -2.25. The van der Waals surface area contributed by atoms with Gasteiger partial charge in [-0.2, -0.15) is 0 Å². The number of carbonyl (C=O) groups excluding carboxylic acids is 1. The standard InChI is InChI=1S/C18H22N2O4S/c1-5-14-8-6-7-13(2)17(14)19-18(21)15-9-11-16(12-10-15)25(22,23)20(3)24-4/h6-12H,5H2,1-4H3,(H,19,21). The first-order valence-electron chi connectivity index (χ1n) is 7.84. The third-order valence-electron chi connectivity index (χ3n) is 3.99. The van der Waals surface area contributed by atoms with Crippen molar-refractivity contribution in [1.82, 2.24) is 4.47 Å². The number of hydrogen-bond acceptors (Lipinski definition) is 4. The maximum absolute atomic E-state index is 12.5. The van der Waals surface area contributed by atoms with Gasteiger partial charge in [0.1, 0.15) is 0 Å². The van der Waals surface area contributed by atoms with Crippen LogP contribution >= 0.6 is 0 Å². The monoisotopic (exact) mass is 362 g/mol. The molecule has 1 N–H and O–H groups in total. The number of sulfonamides is 1. The highest BCUT2D eigenvalue weighted by atomic mass is 32.2. The van der Waals surface area contributed by atoms with Crippen molar-refractivity contribution < 1.29 is 18.0 Å². The zero-order chi connectivity index (χ0) is 18.6. The van der Waals surface area contributed by atoms with Crippen molar-refractivity contribution in [2.75, 3.05) is 19.5 Å². The number of carbonyl (C=O) groups is 1. The number of rotatable bonds is 6. The molecule has 0 saturated carbocycles. The van der Waals surface area contributed by atoms with E-state index in [2.05, 4.69) is 5.32 Å². The molecular formula is C18H22N2O4S. The molecule has 134 valence electrons. The number of para-hydroxylation sites is 1. The maximum atomic E-state index is 12.5. The van der Waals surface area contributed by atoms with Crippen molar-refractivity contribution in [3.63, 3.8) is 0 Å². The van der Waals surface area contributed by atoms with E-state index in [1.54, 1.807) is 0 Å². The minimum atomic E-state index is -3.73. The molecule has 0 spiro atoms. The van der Waals surface area contributed by atoms with Crippen LogP contribution in [0.25, 0.3) is 0 Å². The summed E-state index contributed by atoms with van der Waals surface area (Å²) in [6.45, 7) is 3.96. The van der Waals surface area contributed by atoms with Crippen LogP contribution in [0.4, 0.5) is 5.69 Å². The fraction of sp³-hybridized carbons (Fsp3) is 0.278. The average Bonchev–Trinajstić information content (AvgIpc) is 2.62. The summed E-state index contributed by atoms with van der Waals surface area (Å²) < 4.78 is 25.1. The first-order valence-corrected chi connectivity index (χ1v) is 9.28. The van der Waals surface area contributed by atoms with E-state index in [1.165, 1.54) is 38.4 Å². The Kier molecular flexibility index (Phi) is 5.94. The molecule has 0 bridgehead atoms. The molecule has 2 rings (SSSR count). The van der Waals surface area contributed by atoms with E-state index in [4.69, 9.17) is 4.84 Å². The molecule has 6 nitrogen and oxygen atoms in total. The normalized spacial score (nSPS) is 11.6. The van der Waals surface area contributed by atoms with Gasteiger partial charge in [-0.3, -0.25) is 9.63 Å². The lowest BCUT2D eigenvalue weighted by molar-refractivity contribution is -0.0258. The van der Waals surface area contributed by atoms with Gasteiger partial charge >= 0.3 is 0 Å². The molecule has 2 aromatic rings. The van der Waals surface area contributed by atoms with Crippen LogP contribution in [-0.4, -0.2) is 33.0 Å². The highest BCUT2D eigenvalue weighted by Crippen LogP contribution is 2.22. The second-order valence-electron chi connectivity index (χ2n) is 5.54. The number of aryl methyl sites for hydroxylation is 2. The van der Waals surface area contributed by atoms with E-state index in [1.807, 2.05) is 32.0 Å². The van der Waals surface area contributed by atoms with Gasteiger partial charge in [0.15, 0.2) is 0 Å². The van der Waals surface area contributed by atoms with Gasteiger partial charge in [0.2, 0.25) is 0 Å². The summed E-state index contributed by atoms with van der Waals surface area (Å²) in [5, 5.41) is 2.91. The number of benzene rings is 2. The van der Waals surface area contributed by atoms with Gasteiger partial charge in [0.05, 0.1) is 12.0 Å². The summed E-state index contributed by atoms with van der Waals surface area (Å²) in [7, 11) is -1.15. The minimum Gasteiger partial charge on any atom is -0.321 e. The number of amides is 1. The number of hydrogen-bond donors (Lipinski definition) is 1. The summed E-state index contributed by atoms with van der Waals surface area (Å²) in [5.41, 5.74) is 3.21.